The molecule has 9 aromatic rings. The molecule has 3 heterocycles. The molecule has 210 valence electrons. The maximum Gasteiger partial charge on any atom is 0.124 e. The van der Waals surface area contributed by atoms with Gasteiger partial charge in [0.15, 0.2) is 0 Å². The first-order valence-electron chi connectivity index (χ1n) is 14.5. The van der Waals surface area contributed by atoms with Crippen LogP contribution in [0.5, 0.6) is 0 Å². The van der Waals surface area contributed by atoms with Crippen molar-refractivity contribution < 1.29 is 0 Å². The zero-order valence-electron chi connectivity index (χ0n) is 23.7. The number of aromatic nitrogens is 2. The van der Waals surface area contributed by atoms with Crippen LogP contribution in [0.1, 0.15) is 5.56 Å². The van der Waals surface area contributed by atoms with Crippen LogP contribution in [-0.2, 0) is 0 Å². The molecule has 0 fully saturated rings. The summed E-state index contributed by atoms with van der Waals surface area (Å²) in [7, 11) is 0. The Kier molecular flexibility index (Phi) is 6.10. The van der Waals surface area contributed by atoms with Crippen molar-refractivity contribution in [3.05, 3.63) is 133 Å². The van der Waals surface area contributed by atoms with E-state index < -0.39 is 0 Å². The third kappa shape index (κ3) is 4.61. The molecule has 0 saturated carbocycles. The number of para-hydroxylation sites is 2. The molecule has 45 heavy (non-hydrogen) atoms. The Labute approximate surface area is 271 Å². The molecule has 0 unspecified atom stereocenters. The van der Waals surface area contributed by atoms with Crippen LogP contribution in [0, 0.1) is 11.3 Å². The second kappa shape index (κ2) is 10.5. The van der Waals surface area contributed by atoms with Gasteiger partial charge in [-0.3, -0.25) is 0 Å². The fraction of sp³-hybridized carbons (Fsp3) is 0. The molecule has 0 amide bonds. The van der Waals surface area contributed by atoms with Crippen molar-refractivity contribution in [1.29, 1.82) is 5.26 Å². The minimum atomic E-state index is 0.691. The Morgan fingerprint density at radius 1 is 0.422 bits per heavy atom. The molecule has 0 aliphatic carbocycles. The van der Waals surface area contributed by atoms with Gasteiger partial charge >= 0.3 is 0 Å². The van der Waals surface area contributed by atoms with Gasteiger partial charge in [-0.15, -0.1) is 34.0 Å². The third-order valence-electron chi connectivity index (χ3n) is 8.17. The van der Waals surface area contributed by atoms with E-state index in [1.165, 1.54) is 24.9 Å². The standard InChI is InChI=1S/C39H21N3S3/c40-22-23-9-15-30-31-16-14-26(21-37(31)43-36(30)17-23)28-18-27(19-29(20-28)39-42-33-6-2-4-8-35(33)45-39)24-10-12-25(13-11-24)38-41-32-5-1-3-7-34(32)44-38/h1-21H. The van der Waals surface area contributed by atoms with Crippen molar-refractivity contribution >= 4 is 74.6 Å². The first-order chi connectivity index (χ1) is 22.2. The van der Waals surface area contributed by atoms with Crippen LogP contribution in [0.4, 0.5) is 0 Å². The average molecular weight is 628 g/mol. The van der Waals surface area contributed by atoms with Gasteiger partial charge in [0.2, 0.25) is 0 Å². The molecule has 6 aromatic carbocycles. The number of hydrogen-bond acceptors (Lipinski definition) is 6. The van der Waals surface area contributed by atoms with Crippen LogP contribution in [0.2, 0.25) is 0 Å². The summed E-state index contributed by atoms with van der Waals surface area (Å²) in [5.74, 6) is 0. The number of benzene rings is 6. The zero-order chi connectivity index (χ0) is 29.9. The van der Waals surface area contributed by atoms with Crippen LogP contribution in [0.15, 0.2) is 127 Å². The minimum absolute atomic E-state index is 0.691. The van der Waals surface area contributed by atoms with E-state index in [-0.39, 0.29) is 0 Å². The van der Waals surface area contributed by atoms with Gasteiger partial charge < -0.3 is 0 Å². The van der Waals surface area contributed by atoms with E-state index in [2.05, 4.69) is 109 Å². The van der Waals surface area contributed by atoms with Crippen LogP contribution in [-0.4, -0.2) is 9.97 Å². The van der Waals surface area contributed by atoms with E-state index >= 15 is 0 Å². The molecule has 9 rings (SSSR count). The highest BCUT2D eigenvalue weighted by atomic mass is 32.1. The second-order valence-corrected chi connectivity index (χ2v) is 14.1. The summed E-state index contributed by atoms with van der Waals surface area (Å²) >= 11 is 5.19. The van der Waals surface area contributed by atoms with Gasteiger partial charge in [-0.05, 0) is 82.9 Å². The summed E-state index contributed by atoms with van der Waals surface area (Å²) in [6.07, 6.45) is 0. The predicted molar refractivity (Wildman–Crippen MR) is 192 cm³/mol. The van der Waals surface area contributed by atoms with Gasteiger partial charge in [0, 0.05) is 31.3 Å². The van der Waals surface area contributed by atoms with Crippen molar-refractivity contribution in [3.8, 4) is 49.5 Å². The van der Waals surface area contributed by atoms with Crippen molar-refractivity contribution in [2.45, 2.75) is 0 Å². The number of nitrogens with zero attached hydrogens (tertiary/aromatic N) is 3. The van der Waals surface area contributed by atoms with E-state index in [1.54, 1.807) is 34.0 Å². The summed E-state index contributed by atoms with van der Waals surface area (Å²) in [6, 6.07) is 47.1. The highest BCUT2D eigenvalue weighted by Crippen LogP contribution is 2.40. The Bertz CT molecular complexity index is 2550. The highest BCUT2D eigenvalue weighted by Gasteiger charge is 2.14. The number of nitriles is 1. The summed E-state index contributed by atoms with van der Waals surface area (Å²) in [6.45, 7) is 0. The maximum absolute atomic E-state index is 9.40. The molecule has 6 heteroatoms. The zero-order valence-corrected chi connectivity index (χ0v) is 26.1. The minimum Gasteiger partial charge on any atom is -0.236 e. The lowest BCUT2D eigenvalue weighted by Gasteiger charge is -2.10. The number of rotatable bonds is 4. The van der Waals surface area contributed by atoms with Gasteiger partial charge in [0.1, 0.15) is 10.0 Å². The molecule has 0 atom stereocenters. The SMILES string of the molecule is N#Cc1ccc2c(c1)sc1cc(-c3cc(-c4ccc(-c5nc6ccccc6s5)cc4)cc(-c4nc5ccccc5s4)c3)ccc12. The molecule has 0 aliphatic heterocycles. The van der Waals surface area contributed by atoms with Crippen LogP contribution in [0.3, 0.4) is 0 Å². The van der Waals surface area contributed by atoms with Gasteiger partial charge in [0.25, 0.3) is 0 Å². The third-order valence-corrected chi connectivity index (χ3v) is 11.5. The molecule has 0 saturated heterocycles. The van der Waals surface area contributed by atoms with Gasteiger partial charge in [-0.1, -0.05) is 66.7 Å². The monoisotopic (exact) mass is 627 g/mol. The summed E-state index contributed by atoms with van der Waals surface area (Å²) < 4.78 is 4.73. The first kappa shape index (κ1) is 26.2. The maximum atomic E-state index is 9.40. The Morgan fingerprint density at radius 2 is 0.956 bits per heavy atom. The molecular weight excluding hydrogens is 607 g/mol. The largest absolute Gasteiger partial charge is 0.236 e. The van der Waals surface area contributed by atoms with E-state index in [1.807, 2.05) is 24.3 Å². The molecule has 0 radical (unpaired) electrons. The van der Waals surface area contributed by atoms with E-state index in [0.717, 1.165) is 59.1 Å². The molecular formula is C39H21N3S3. The van der Waals surface area contributed by atoms with Crippen LogP contribution in [0.25, 0.3) is 84.0 Å². The number of fused-ring (bicyclic) bond motifs is 5. The lowest BCUT2D eigenvalue weighted by molar-refractivity contribution is 1.47. The number of hydrogen-bond donors (Lipinski definition) is 0. The van der Waals surface area contributed by atoms with Gasteiger partial charge in [-0.2, -0.15) is 5.26 Å². The Balaban J connectivity index is 1.17. The molecule has 0 N–H and O–H groups in total. The number of thiophene rings is 1. The van der Waals surface area contributed by atoms with Gasteiger partial charge in [0.05, 0.1) is 32.1 Å². The van der Waals surface area contributed by atoms with Crippen molar-refractivity contribution in [2.24, 2.45) is 0 Å². The smallest absolute Gasteiger partial charge is 0.124 e. The fourth-order valence-corrected chi connectivity index (χ4v) is 9.02. The van der Waals surface area contributed by atoms with E-state index in [4.69, 9.17) is 9.97 Å². The van der Waals surface area contributed by atoms with E-state index in [0.29, 0.717) is 5.56 Å². The fourth-order valence-electron chi connectivity index (χ4n) is 5.91. The lowest BCUT2D eigenvalue weighted by Crippen LogP contribution is -1.86. The molecule has 3 nitrogen and oxygen atoms in total. The quantitative estimate of drug-likeness (QED) is 0.195. The van der Waals surface area contributed by atoms with Crippen molar-refractivity contribution in [3.63, 3.8) is 0 Å². The van der Waals surface area contributed by atoms with Crippen molar-refractivity contribution in [1.82, 2.24) is 9.97 Å². The Hall–Kier alpha value is -5.19. The predicted octanol–water partition coefficient (Wildman–Crippen LogP) is 11.8. The number of thiazole rings is 2. The normalized spacial score (nSPS) is 11.5. The van der Waals surface area contributed by atoms with E-state index in [9.17, 15) is 5.26 Å². The highest BCUT2D eigenvalue weighted by molar-refractivity contribution is 7.26. The topological polar surface area (TPSA) is 49.6 Å². The first-order valence-corrected chi connectivity index (χ1v) is 17.0. The molecule has 0 aliphatic rings. The van der Waals surface area contributed by atoms with Gasteiger partial charge in [-0.25, -0.2) is 9.97 Å². The second-order valence-electron chi connectivity index (χ2n) is 11.0. The lowest BCUT2D eigenvalue weighted by atomic mass is 9.95. The molecule has 0 bridgehead atoms. The van der Waals surface area contributed by atoms with Crippen LogP contribution < -0.4 is 0 Å². The Morgan fingerprint density at radius 3 is 1.62 bits per heavy atom. The molecule has 3 aromatic heterocycles. The summed E-state index contributed by atoms with van der Waals surface area (Å²) in [4.78, 5) is 9.87. The average Bonchev–Trinajstić information content (AvgIpc) is 3.82. The van der Waals surface area contributed by atoms with Crippen molar-refractivity contribution in [2.75, 3.05) is 0 Å². The summed E-state index contributed by atoms with van der Waals surface area (Å²) in [5, 5.41) is 13.9. The summed E-state index contributed by atoms with van der Waals surface area (Å²) in [5.41, 5.74) is 9.58. The molecule has 0 spiro atoms. The van der Waals surface area contributed by atoms with Crippen LogP contribution >= 0.6 is 34.0 Å².